The molecule has 13 heterocycles. The number of benzene rings is 6. The van der Waals surface area contributed by atoms with Crippen molar-refractivity contribution in [1.82, 2.24) is 93.1 Å². The first-order valence-corrected chi connectivity index (χ1v) is 59.9. The Morgan fingerprint density at radius 2 is 0.587 bits per heavy atom. The molecule has 19 rings (SSSR count). The number of nitrogens with zero attached hydrogens (tertiary/aromatic N) is 19. The van der Waals surface area contributed by atoms with E-state index in [2.05, 4.69) is 124 Å². The van der Waals surface area contributed by atoms with Crippen molar-refractivity contribution in [3.63, 3.8) is 0 Å². The second-order valence-corrected chi connectivity index (χ2v) is 49.6. The van der Waals surface area contributed by atoms with E-state index in [1.807, 2.05) is 120 Å². The SMILES string of the molecule is CS(=O)(=O)NCC1CCCN(c2nc(-c3ccncc3)nc3ccccc23)C1.CS(=O)(=O)NCC1CCCN(c2ncnc3cc(Cl)ccc23)C1.CS(=O)(=O)NCC1CCCN(c2ncnc3cc(Cl)ccc23)C1.CS(=O)(=O)NCC1CCCN(c2ncnc3cc(F)c(F)cc23)C1.CS(=O)(=O)NCC1CCCN(c2ncnc3ccc(Br)cc23)C1.CS(=O)(=O)NCC1CCCN(c2ncnc3ccccc23)C1. The molecule has 0 saturated carbocycles. The number of halogens is 5. The summed E-state index contributed by atoms with van der Waals surface area (Å²) in [6.45, 7) is 12.5. The van der Waals surface area contributed by atoms with Gasteiger partial charge in [-0.15, -0.1) is 0 Å². The molecular formula is C95H118BrCl2F2N25O12S6. The van der Waals surface area contributed by atoms with Crippen molar-refractivity contribution in [2.24, 2.45) is 35.5 Å². The second-order valence-electron chi connectivity index (χ2n) is 36.8. The Labute approximate surface area is 851 Å². The fraction of sp³-hybridized carbons (Fsp3) is 0.442. The van der Waals surface area contributed by atoms with Crippen LogP contribution in [-0.2, 0) is 60.1 Å². The Morgan fingerprint density at radius 3 is 0.937 bits per heavy atom. The monoisotopic (exact) mass is 2180 g/mol. The maximum Gasteiger partial charge on any atom is 0.208 e. The van der Waals surface area contributed by atoms with Crippen LogP contribution in [0.3, 0.4) is 0 Å². The third-order valence-corrected chi connectivity index (χ3v) is 30.3. The lowest BCUT2D eigenvalue weighted by Crippen LogP contribution is -2.41. The van der Waals surface area contributed by atoms with Crippen LogP contribution in [0.2, 0.25) is 10.0 Å². The molecule has 6 saturated heterocycles. The number of rotatable bonds is 25. The van der Waals surface area contributed by atoms with E-state index in [0.717, 1.165) is 261 Å². The first-order valence-electron chi connectivity index (χ1n) is 47.0. The molecule has 6 unspecified atom stereocenters. The van der Waals surface area contributed by atoms with Gasteiger partial charge in [-0.2, -0.15) is 0 Å². The summed E-state index contributed by atoms with van der Waals surface area (Å²) in [5, 5.41) is 6.75. The van der Waals surface area contributed by atoms with Gasteiger partial charge in [-0.3, -0.25) is 4.98 Å². The number of aromatic nitrogens is 13. The number of nitrogens with one attached hydrogen (secondary N) is 6. The summed E-state index contributed by atoms with van der Waals surface area (Å²) in [6, 6.07) is 39.1. The fourth-order valence-electron chi connectivity index (χ4n) is 18.4. The summed E-state index contributed by atoms with van der Waals surface area (Å²) in [4.78, 5) is 70.0. The fourth-order valence-corrected chi connectivity index (χ4v) is 22.4. The Morgan fingerprint density at radius 1 is 0.308 bits per heavy atom. The van der Waals surface area contributed by atoms with Crippen molar-refractivity contribution in [2.75, 3.05) is 185 Å². The highest BCUT2D eigenvalue weighted by atomic mass is 79.9. The van der Waals surface area contributed by atoms with Crippen LogP contribution in [0.4, 0.5) is 43.7 Å². The number of hydrogen-bond donors (Lipinski definition) is 6. The minimum atomic E-state index is -3.24. The van der Waals surface area contributed by atoms with Gasteiger partial charge in [-0.05, 0) is 210 Å². The average Bonchev–Trinajstić information content (AvgIpc) is 0.786. The van der Waals surface area contributed by atoms with Crippen LogP contribution >= 0.6 is 39.1 Å². The van der Waals surface area contributed by atoms with E-state index in [0.29, 0.717) is 84.3 Å². The van der Waals surface area contributed by atoms with Crippen molar-refractivity contribution in [2.45, 2.75) is 77.0 Å². The summed E-state index contributed by atoms with van der Waals surface area (Å²) < 4.78 is 179. The summed E-state index contributed by atoms with van der Waals surface area (Å²) in [5.74, 6) is 5.38. The molecule has 13 aromatic rings. The van der Waals surface area contributed by atoms with E-state index in [1.165, 1.54) is 37.6 Å². The van der Waals surface area contributed by atoms with Crippen LogP contribution in [0.1, 0.15) is 77.0 Å². The van der Waals surface area contributed by atoms with Crippen molar-refractivity contribution < 1.29 is 59.3 Å². The lowest BCUT2D eigenvalue weighted by atomic mass is 9.98. The zero-order valence-electron chi connectivity index (χ0n) is 80.1. The van der Waals surface area contributed by atoms with Gasteiger partial charge in [-0.1, -0.05) is 63.4 Å². The largest absolute Gasteiger partial charge is 0.356 e. The first kappa shape index (κ1) is 108. The molecule has 0 amide bonds. The number of para-hydroxylation sites is 2. The molecule has 6 N–H and O–H groups in total. The molecule has 6 aliphatic rings. The normalized spacial score (nSPS) is 18.9. The zero-order chi connectivity index (χ0) is 102. The average molecular weight is 2180 g/mol. The second kappa shape index (κ2) is 49.3. The maximum absolute atomic E-state index is 13.6. The molecule has 37 nitrogen and oxygen atoms in total. The summed E-state index contributed by atoms with van der Waals surface area (Å²) in [6.07, 6.45) is 30.1. The molecule has 7 aromatic heterocycles. The highest BCUT2D eigenvalue weighted by Crippen LogP contribution is 2.37. The Kier molecular flexibility index (Phi) is 37.3. The Balaban J connectivity index is 0.000000136. The number of anilines is 6. The van der Waals surface area contributed by atoms with Crippen LogP contribution in [0.25, 0.3) is 76.8 Å². The molecule has 0 aliphatic carbocycles. The van der Waals surface area contributed by atoms with Crippen molar-refractivity contribution in [3.8, 4) is 11.4 Å². The van der Waals surface area contributed by atoms with Crippen LogP contribution in [-0.4, -0.2) is 271 Å². The van der Waals surface area contributed by atoms with Crippen molar-refractivity contribution in [1.29, 1.82) is 0 Å². The minimum Gasteiger partial charge on any atom is -0.356 e. The smallest absolute Gasteiger partial charge is 0.208 e. The molecule has 0 spiro atoms. The highest BCUT2D eigenvalue weighted by Gasteiger charge is 2.32. The number of sulfonamides is 6. The highest BCUT2D eigenvalue weighted by molar-refractivity contribution is 9.10. The lowest BCUT2D eigenvalue weighted by molar-refractivity contribution is 0.410. The van der Waals surface area contributed by atoms with E-state index < -0.39 is 71.8 Å². The molecule has 0 radical (unpaired) electrons. The first-order chi connectivity index (χ1) is 68.1. The molecule has 6 aromatic carbocycles. The van der Waals surface area contributed by atoms with Gasteiger partial charge in [0.2, 0.25) is 60.1 Å². The van der Waals surface area contributed by atoms with Gasteiger partial charge < -0.3 is 29.4 Å². The zero-order valence-corrected chi connectivity index (χ0v) is 88.1. The third kappa shape index (κ3) is 32.6. The van der Waals surface area contributed by atoms with E-state index in [4.69, 9.17) is 33.2 Å². The van der Waals surface area contributed by atoms with E-state index >= 15 is 0 Å². The predicted octanol–water partition coefficient (Wildman–Crippen LogP) is 11.8. The van der Waals surface area contributed by atoms with Crippen molar-refractivity contribution >= 4 is 200 Å². The third-order valence-electron chi connectivity index (χ3n) is 25.1. The standard InChI is InChI=1S/C20H23N5O2S.C15H19BrN4O2S.2C15H19ClN4O2S.C15H18F2N4O2S.C15H20N4O2S/c1-28(26,27)22-13-15-5-4-12-25(14-15)20-17-6-2-3-7-18(17)23-19(24-20)16-8-10-21-11-9-16;1-23(21,22)19-8-11-3-2-6-20(9-11)15-13-7-12(16)4-5-14(13)17-10-18-15;2*1-23(21,22)19-8-11-3-2-6-20(9-11)15-13-5-4-12(16)7-14(13)17-10-18-15;1-24(22,23)20-7-10-3-2-4-21(8-10)15-11-5-12(16)13(17)6-14(11)18-9-19-15;1-22(20,21)18-9-12-5-4-8-19(10-12)15-13-6-2-3-7-14(13)16-11-17-15/h2-3,6-11,15,22H,4-5,12-14H2,1H3;3*4-5,7,10-11,19H,2-3,6,8-9H2,1H3;5-6,9-10,20H,2-4,7-8H2,1H3;2-3,6-7,11-12,18H,4-5,8-10H2,1H3. The van der Waals surface area contributed by atoms with Crippen molar-refractivity contribution in [3.05, 3.63) is 198 Å². The van der Waals surface area contributed by atoms with Crippen LogP contribution in [0.15, 0.2) is 176 Å². The molecule has 6 fully saturated rings. The van der Waals surface area contributed by atoms with Gasteiger partial charge in [-0.25, -0.2) is 147 Å². The summed E-state index contributed by atoms with van der Waals surface area (Å²) in [7, 11) is -19.0. The summed E-state index contributed by atoms with van der Waals surface area (Å²) in [5.41, 5.74) is 5.65. The topological polar surface area (TPSA) is 464 Å². The molecular weight excluding hydrogens is 2060 g/mol. The lowest BCUT2D eigenvalue weighted by Gasteiger charge is -2.34. The van der Waals surface area contributed by atoms with E-state index in [-0.39, 0.29) is 29.6 Å². The number of pyridine rings is 1. The number of piperidine rings is 6. The van der Waals surface area contributed by atoms with Crippen LogP contribution < -0.4 is 57.7 Å². The van der Waals surface area contributed by atoms with E-state index in [9.17, 15) is 59.3 Å². The van der Waals surface area contributed by atoms with Gasteiger partial charge in [0.25, 0.3) is 0 Å². The molecule has 6 atom stereocenters. The molecule has 766 valence electrons. The molecule has 143 heavy (non-hydrogen) atoms. The van der Waals surface area contributed by atoms with Crippen LogP contribution in [0.5, 0.6) is 0 Å². The predicted molar refractivity (Wildman–Crippen MR) is 565 cm³/mol. The number of fused-ring (bicyclic) bond motifs is 6. The quantitative estimate of drug-likeness (QED) is 0.0309. The van der Waals surface area contributed by atoms with Gasteiger partial charge in [0.05, 0.1) is 70.6 Å². The Bertz CT molecular complexity index is 7220. The van der Waals surface area contributed by atoms with Gasteiger partial charge >= 0.3 is 0 Å². The molecule has 0 bridgehead atoms. The van der Waals surface area contributed by atoms with E-state index in [1.54, 1.807) is 37.7 Å². The molecule has 48 heteroatoms. The summed E-state index contributed by atoms with van der Waals surface area (Å²) >= 11 is 15.5. The maximum atomic E-state index is 13.6. The Hall–Kier alpha value is -10.3. The minimum absolute atomic E-state index is 0.129. The number of hydrogen-bond acceptors (Lipinski definition) is 31. The van der Waals surface area contributed by atoms with Crippen LogP contribution in [0, 0.1) is 47.1 Å². The van der Waals surface area contributed by atoms with Gasteiger partial charge in [0.1, 0.15) is 66.5 Å². The van der Waals surface area contributed by atoms with Gasteiger partial charge in [0.15, 0.2) is 17.5 Å². The molecule has 6 aliphatic heterocycles. The van der Waals surface area contributed by atoms with Gasteiger partial charge in [0, 0.05) is 189 Å².